The summed E-state index contributed by atoms with van der Waals surface area (Å²) in [6.07, 6.45) is 1.56. The lowest BCUT2D eigenvalue weighted by molar-refractivity contribution is 0.393. The maximum absolute atomic E-state index is 12.0. The fourth-order valence-electron chi connectivity index (χ4n) is 2.04. The Bertz CT molecular complexity index is 771. The van der Waals surface area contributed by atoms with E-state index in [9.17, 15) is 4.79 Å². The van der Waals surface area contributed by atoms with Gasteiger partial charge in [-0.2, -0.15) is 5.10 Å². The van der Waals surface area contributed by atoms with E-state index in [1.165, 1.54) is 4.57 Å². The zero-order chi connectivity index (χ0) is 13.6. The van der Waals surface area contributed by atoms with Crippen LogP contribution in [0.1, 0.15) is 17.1 Å². The first-order chi connectivity index (χ1) is 9.09. The van der Waals surface area contributed by atoms with E-state index < -0.39 is 0 Å². The molecule has 0 aromatic carbocycles. The molecular weight excluding hydrogens is 248 g/mol. The van der Waals surface area contributed by atoms with Crippen LogP contribution >= 0.6 is 0 Å². The van der Waals surface area contributed by atoms with Crippen molar-refractivity contribution in [2.45, 2.75) is 20.8 Å². The minimum absolute atomic E-state index is 0.355. The Hall–Kier alpha value is -2.64. The van der Waals surface area contributed by atoms with Crippen molar-refractivity contribution in [3.8, 4) is 17.2 Å². The van der Waals surface area contributed by atoms with E-state index in [4.69, 9.17) is 4.52 Å². The van der Waals surface area contributed by atoms with Crippen LogP contribution in [0.3, 0.4) is 0 Å². The smallest absolute Gasteiger partial charge is 0.348 e. The fraction of sp³-hybridized carbons (Fsp3) is 0.273. The monoisotopic (exact) mass is 260 g/mol. The molecule has 0 aliphatic rings. The van der Waals surface area contributed by atoms with Crippen LogP contribution in [0.15, 0.2) is 15.6 Å². The quantitative estimate of drug-likeness (QED) is 0.711. The summed E-state index contributed by atoms with van der Waals surface area (Å²) >= 11 is 0. The van der Waals surface area contributed by atoms with E-state index in [0.717, 1.165) is 5.69 Å². The number of nitrogens with zero attached hydrogens (tertiary/aromatic N) is 4. The maximum atomic E-state index is 12.0. The molecule has 0 atom stereocenters. The van der Waals surface area contributed by atoms with Crippen LogP contribution in [-0.2, 0) is 0 Å². The van der Waals surface area contributed by atoms with Gasteiger partial charge in [0.15, 0.2) is 11.6 Å². The topological polar surface area (TPSA) is 105 Å². The minimum Gasteiger partial charge on any atom is -0.359 e. The summed E-state index contributed by atoms with van der Waals surface area (Å²) in [5.74, 6) is 0.980. The number of hydrogen-bond acceptors (Lipinski definition) is 5. The van der Waals surface area contributed by atoms with Gasteiger partial charge >= 0.3 is 5.69 Å². The molecule has 0 aliphatic heterocycles. The largest absolute Gasteiger partial charge is 0.359 e. The maximum Gasteiger partial charge on any atom is 0.348 e. The van der Waals surface area contributed by atoms with Gasteiger partial charge in [0.1, 0.15) is 17.1 Å². The van der Waals surface area contributed by atoms with Gasteiger partial charge < -0.3 is 9.51 Å². The third-order valence-electron chi connectivity index (χ3n) is 2.93. The van der Waals surface area contributed by atoms with Crippen molar-refractivity contribution in [2.24, 2.45) is 0 Å². The van der Waals surface area contributed by atoms with Crippen molar-refractivity contribution in [1.29, 1.82) is 0 Å². The number of nitrogens with one attached hydrogen (secondary N) is 2. The zero-order valence-corrected chi connectivity index (χ0v) is 10.7. The first-order valence-electron chi connectivity index (χ1n) is 5.70. The Balaban J connectivity index is 2.32. The molecule has 3 rings (SSSR count). The molecule has 0 saturated heterocycles. The van der Waals surface area contributed by atoms with Crippen LogP contribution in [-0.4, -0.2) is 29.9 Å². The van der Waals surface area contributed by atoms with E-state index >= 15 is 0 Å². The standard InChI is InChI=1S/C11H12N6O2/c1-5-8(13-4-12-5)10-14-15-11(18)17(10)9-6(2)16-19-7(9)3/h4H,1-3H3,(H,12,13)(H,15,18). The summed E-state index contributed by atoms with van der Waals surface area (Å²) in [6.45, 7) is 5.38. The lowest BCUT2D eigenvalue weighted by Gasteiger charge is -2.03. The molecule has 0 unspecified atom stereocenters. The number of aryl methyl sites for hydroxylation is 3. The summed E-state index contributed by atoms with van der Waals surface area (Å²) < 4.78 is 6.52. The van der Waals surface area contributed by atoms with Crippen LogP contribution in [0.25, 0.3) is 17.2 Å². The van der Waals surface area contributed by atoms with Crippen molar-refractivity contribution < 1.29 is 4.52 Å². The molecule has 0 bridgehead atoms. The summed E-state index contributed by atoms with van der Waals surface area (Å²) in [4.78, 5) is 19.1. The zero-order valence-electron chi connectivity index (χ0n) is 10.7. The summed E-state index contributed by atoms with van der Waals surface area (Å²) in [5, 5.41) is 10.3. The molecule has 0 amide bonds. The van der Waals surface area contributed by atoms with Crippen molar-refractivity contribution in [3.63, 3.8) is 0 Å². The number of rotatable bonds is 2. The van der Waals surface area contributed by atoms with Crippen molar-refractivity contribution in [3.05, 3.63) is 34.0 Å². The summed E-state index contributed by atoms with van der Waals surface area (Å²) in [7, 11) is 0. The number of aromatic amines is 2. The minimum atomic E-state index is -0.355. The van der Waals surface area contributed by atoms with Crippen molar-refractivity contribution in [1.82, 2.24) is 29.9 Å². The lowest BCUT2D eigenvalue weighted by atomic mass is 10.3. The average Bonchev–Trinajstić information content (AvgIpc) is 3.02. The van der Waals surface area contributed by atoms with Crippen LogP contribution in [0.2, 0.25) is 0 Å². The highest BCUT2D eigenvalue weighted by Gasteiger charge is 2.21. The van der Waals surface area contributed by atoms with E-state index in [0.29, 0.717) is 28.7 Å². The SMILES string of the molecule is Cc1noc(C)c1-n1c(-c2nc[nH]c2C)n[nH]c1=O. The van der Waals surface area contributed by atoms with Gasteiger partial charge in [0, 0.05) is 5.69 Å². The molecule has 0 saturated carbocycles. The number of imidazole rings is 1. The highest BCUT2D eigenvalue weighted by Crippen LogP contribution is 2.23. The summed E-state index contributed by atoms with van der Waals surface area (Å²) in [5.41, 5.74) is 2.30. The van der Waals surface area contributed by atoms with E-state index in [1.807, 2.05) is 6.92 Å². The third-order valence-corrected chi connectivity index (χ3v) is 2.93. The first kappa shape index (κ1) is 11.5. The van der Waals surface area contributed by atoms with Gasteiger partial charge in [0.25, 0.3) is 0 Å². The molecule has 19 heavy (non-hydrogen) atoms. The molecule has 0 aliphatic carbocycles. The number of hydrogen-bond donors (Lipinski definition) is 2. The third kappa shape index (κ3) is 1.60. The predicted octanol–water partition coefficient (Wildman–Crippen LogP) is 0.864. The fourth-order valence-corrected chi connectivity index (χ4v) is 2.04. The van der Waals surface area contributed by atoms with Gasteiger partial charge in [-0.25, -0.2) is 19.4 Å². The Kier molecular flexibility index (Phi) is 2.37. The van der Waals surface area contributed by atoms with Gasteiger partial charge in [0.2, 0.25) is 0 Å². The Morgan fingerprint density at radius 3 is 2.68 bits per heavy atom. The van der Waals surface area contributed by atoms with Crippen LogP contribution in [0.5, 0.6) is 0 Å². The van der Waals surface area contributed by atoms with Gasteiger partial charge in [-0.1, -0.05) is 5.16 Å². The molecule has 3 aromatic heterocycles. The number of H-pyrrole nitrogens is 2. The highest BCUT2D eigenvalue weighted by molar-refractivity contribution is 5.57. The van der Waals surface area contributed by atoms with Crippen LogP contribution in [0.4, 0.5) is 0 Å². The Morgan fingerprint density at radius 1 is 1.32 bits per heavy atom. The molecule has 0 radical (unpaired) electrons. The van der Waals surface area contributed by atoms with E-state index in [-0.39, 0.29) is 5.69 Å². The van der Waals surface area contributed by atoms with Crippen molar-refractivity contribution >= 4 is 0 Å². The Morgan fingerprint density at radius 2 is 2.11 bits per heavy atom. The second-order valence-corrected chi connectivity index (χ2v) is 4.24. The molecule has 0 fully saturated rings. The normalized spacial score (nSPS) is 11.1. The van der Waals surface area contributed by atoms with Crippen molar-refractivity contribution in [2.75, 3.05) is 0 Å². The molecule has 3 aromatic rings. The second-order valence-electron chi connectivity index (χ2n) is 4.24. The van der Waals surface area contributed by atoms with Gasteiger partial charge in [-0.05, 0) is 20.8 Å². The van der Waals surface area contributed by atoms with E-state index in [2.05, 4.69) is 25.3 Å². The molecule has 2 N–H and O–H groups in total. The number of aromatic nitrogens is 6. The predicted molar refractivity (Wildman–Crippen MR) is 66.0 cm³/mol. The average molecular weight is 260 g/mol. The second kappa shape index (κ2) is 3.94. The van der Waals surface area contributed by atoms with Gasteiger partial charge in [-0.3, -0.25) is 0 Å². The van der Waals surface area contributed by atoms with Crippen LogP contribution in [0, 0.1) is 20.8 Å². The molecule has 98 valence electrons. The molecule has 8 heteroatoms. The molecule has 3 heterocycles. The van der Waals surface area contributed by atoms with Crippen LogP contribution < -0.4 is 5.69 Å². The lowest BCUT2D eigenvalue weighted by Crippen LogP contribution is -2.17. The van der Waals surface area contributed by atoms with E-state index in [1.54, 1.807) is 20.2 Å². The Labute approximate surface area is 107 Å². The summed E-state index contributed by atoms with van der Waals surface area (Å²) in [6, 6.07) is 0. The molecular formula is C11H12N6O2. The van der Waals surface area contributed by atoms with Gasteiger partial charge in [0.05, 0.1) is 6.33 Å². The van der Waals surface area contributed by atoms with Gasteiger partial charge in [-0.15, -0.1) is 0 Å². The first-order valence-corrected chi connectivity index (χ1v) is 5.70. The molecule has 0 spiro atoms. The highest BCUT2D eigenvalue weighted by atomic mass is 16.5. The molecule has 8 nitrogen and oxygen atoms in total.